The average molecular weight is 293 g/mol. The lowest BCUT2D eigenvalue weighted by Gasteiger charge is -2.30. The second-order valence-electron chi connectivity index (χ2n) is 5.96. The Hall–Kier alpha value is -1.55. The third-order valence-electron chi connectivity index (χ3n) is 4.00. The van der Waals surface area contributed by atoms with E-state index < -0.39 is 11.7 Å². The molecule has 0 saturated carbocycles. The number of aryl methyl sites for hydroxylation is 1. The molecule has 0 fully saturated rings. The fourth-order valence-electron chi connectivity index (χ4n) is 1.90. The lowest BCUT2D eigenvalue weighted by atomic mass is 9.88. The predicted octanol–water partition coefficient (Wildman–Crippen LogP) is 2.68. The van der Waals surface area contributed by atoms with Crippen LogP contribution in [-0.4, -0.2) is 29.3 Å². The van der Waals surface area contributed by atoms with Crippen LogP contribution in [0.4, 0.5) is 0 Å². The predicted molar refractivity (Wildman–Crippen MR) is 84.4 cm³/mol. The molecule has 0 heterocycles. The van der Waals surface area contributed by atoms with Gasteiger partial charge in [0.1, 0.15) is 5.75 Å². The molecule has 0 radical (unpaired) electrons. The summed E-state index contributed by atoms with van der Waals surface area (Å²) in [6.45, 7) is 9.65. The molecule has 0 aliphatic rings. The minimum atomic E-state index is -0.909. The summed E-state index contributed by atoms with van der Waals surface area (Å²) in [5.74, 6) is 0.558. The molecule has 21 heavy (non-hydrogen) atoms. The highest BCUT2D eigenvalue weighted by molar-refractivity contribution is 5.80. The Labute approximate surface area is 127 Å². The highest BCUT2D eigenvalue weighted by atomic mass is 16.5. The van der Waals surface area contributed by atoms with Crippen LogP contribution in [0.2, 0.25) is 0 Å². The van der Waals surface area contributed by atoms with E-state index in [0.717, 1.165) is 12.0 Å². The summed E-state index contributed by atoms with van der Waals surface area (Å²) in [6, 6.07) is 7.56. The van der Waals surface area contributed by atoms with Crippen molar-refractivity contribution >= 4 is 5.91 Å². The first-order valence-electron chi connectivity index (χ1n) is 7.49. The van der Waals surface area contributed by atoms with Crippen molar-refractivity contribution in [1.29, 1.82) is 0 Å². The van der Waals surface area contributed by atoms with Crippen LogP contribution in [0, 0.1) is 12.8 Å². The van der Waals surface area contributed by atoms with E-state index in [1.54, 1.807) is 13.8 Å². The zero-order valence-electron chi connectivity index (χ0n) is 13.6. The Bertz CT molecular complexity index is 454. The van der Waals surface area contributed by atoms with Gasteiger partial charge in [0.05, 0.1) is 5.60 Å². The van der Waals surface area contributed by atoms with E-state index in [2.05, 4.69) is 5.32 Å². The Balaban J connectivity index is 2.49. The monoisotopic (exact) mass is 293 g/mol. The summed E-state index contributed by atoms with van der Waals surface area (Å²) in [5.41, 5.74) is 0.234. The quantitative estimate of drug-likeness (QED) is 0.812. The molecule has 3 atom stereocenters. The number of ether oxygens (including phenoxy) is 1. The first-order valence-corrected chi connectivity index (χ1v) is 7.49. The van der Waals surface area contributed by atoms with Crippen molar-refractivity contribution in [3.63, 3.8) is 0 Å². The first kappa shape index (κ1) is 17.5. The van der Waals surface area contributed by atoms with Gasteiger partial charge in [-0.25, -0.2) is 0 Å². The average Bonchev–Trinajstić information content (AvgIpc) is 2.46. The molecule has 0 aliphatic heterocycles. The van der Waals surface area contributed by atoms with Crippen LogP contribution in [0.15, 0.2) is 24.3 Å². The molecule has 0 spiro atoms. The van der Waals surface area contributed by atoms with E-state index in [1.807, 2.05) is 45.0 Å². The fourth-order valence-corrected chi connectivity index (χ4v) is 1.90. The number of nitrogens with one attached hydrogen (secondary N) is 1. The zero-order chi connectivity index (χ0) is 16.0. The van der Waals surface area contributed by atoms with E-state index in [-0.39, 0.29) is 18.4 Å². The van der Waals surface area contributed by atoms with Gasteiger partial charge in [0.25, 0.3) is 5.91 Å². The van der Waals surface area contributed by atoms with Gasteiger partial charge in [0.15, 0.2) is 6.10 Å². The van der Waals surface area contributed by atoms with Crippen molar-refractivity contribution < 1.29 is 14.6 Å². The number of carbonyl (C=O) groups is 1. The van der Waals surface area contributed by atoms with E-state index in [0.29, 0.717) is 5.75 Å². The topological polar surface area (TPSA) is 58.6 Å². The Morgan fingerprint density at radius 1 is 1.33 bits per heavy atom. The van der Waals surface area contributed by atoms with Crippen molar-refractivity contribution in [2.24, 2.45) is 5.92 Å². The standard InChI is InChI=1S/C17H27NO3/c1-6-13(3)17(5,20)11-18-16(19)14(4)21-15-9-7-12(2)8-10-15/h7-10,13-14,20H,6,11H2,1-5H3,(H,18,19). The number of benzene rings is 1. The molecule has 1 aromatic rings. The van der Waals surface area contributed by atoms with Crippen LogP contribution >= 0.6 is 0 Å². The van der Waals surface area contributed by atoms with Gasteiger partial charge in [-0.3, -0.25) is 4.79 Å². The number of hydrogen-bond donors (Lipinski definition) is 2. The summed E-state index contributed by atoms with van der Waals surface area (Å²) in [7, 11) is 0. The van der Waals surface area contributed by atoms with Crippen LogP contribution in [0.25, 0.3) is 0 Å². The molecule has 0 saturated heterocycles. The first-order chi connectivity index (χ1) is 9.76. The van der Waals surface area contributed by atoms with Gasteiger partial charge in [0, 0.05) is 6.54 Å². The number of carbonyl (C=O) groups excluding carboxylic acids is 1. The molecular weight excluding hydrogens is 266 g/mol. The minimum absolute atomic E-state index is 0.117. The molecule has 4 nitrogen and oxygen atoms in total. The smallest absolute Gasteiger partial charge is 0.260 e. The lowest BCUT2D eigenvalue weighted by molar-refractivity contribution is -0.128. The van der Waals surface area contributed by atoms with E-state index in [4.69, 9.17) is 4.74 Å². The third kappa shape index (κ3) is 5.38. The molecule has 1 amide bonds. The number of amides is 1. The number of aliphatic hydroxyl groups is 1. The minimum Gasteiger partial charge on any atom is -0.481 e. The van der Waals surface area contributed by atoms with E-state index in [9.17, 15) is 9.90 Å². The van der Waals surface area contributed by atoms with Crippen LogP contribution in [0.5, 0.6) is 5.75 Å². The van der Waals surface area contributed by atoms with Crippen molar-refractivity contribution in [3.8, 4) is 5.75 Å². The zero-order valence-corrected chi connectivity index (χ0v) is 13.6. The molecule has 0 aromatic heterocycles. The van der Waals surface area contributed by atoms with Crippen molar-refractivity contribution in [2.45, 2.75) is 52.7 Å². The van der Waals surface area contributed by atoms with Gasteiger partial charge >= 0.3 is 0 Å². The van der Waals surface area contributed by atoms with Crippen LogP contribution in [0.3, 0.4) is 0 Å². The molecule has 0 bridgehead atoms. The summed E-state index contributed by atoms with van der Waals surface area (Å²) < 4.78 is 5.59. The third-order valence-corrected chi connectivity index (χ3v) is 4.00. The molecule has 1 rings (SSSR count). The Morgan fingerprint density at radius 2 is 1.90 bits per heavy atom. The number of rotatable bonds is 7. The molecule has 118 valence electrons. The van der Waals surface area contributed by atoms with Crippen molar-refractivity contribution in [1.82, 2.24) is 5.32 Å². The molecule has 4 heteroatoms. The van der Waals surface area contributed by atoms with Crippen LogP contribution < -0.4 is 10.1 Å². The van der Waals surface area contributed by atoms with Crippen molar-refractivity contribution in [2.75, 3.05) is 6.54 Å². The van der Waals surface area contributed by atoms with Gasteiger partial charge in [-0.05, 0) is 38.8 Å². The van der Waals surface area contributed by atoms with Crippen LogP contribution in [0.1, 0.15) is 39.7 Å². The Kier molecular flexibility index (Phi) is 6.21. The normalized spacial score (nSPS) is 16.7. The summed E-state index contributed by atoms with van der Waals surface area (Å²) in [4.78, 5) is 12.0. The maximum Gasteiger partial charge on any atom is 0.260 e. The van der Waals surface area contributed by atoms with Gasteiger partial charge in [-0.1, -0.05) is 38.0 Å². The highest BCUT2D eigenvalue weighted by Gasteiger charge is 2.28. The van der Waals surface area contributed by atoms with Crippen molar-refractivity contribution in [3.05, 3.63) is 29.8 Å². The molecular formula is C17H27NO3. The second kappa shape index (κ2) is 7.46. The Morgan fingerprint density at radius 3 is 2.43 bits per heavy atom. The molecule has 1 aromatic carbocycles. The number of hydrogen-bond acceptors (Lipinski definition) is 3. The van der Waals surface area contributed by atoms with Gasteiger partial charge in [-0.15, -0.1) is 0 Å². The van der Waals surface area contributed by atoms with Gasteiger partial charge < -0.3 is 15.2 Å². The van der Waals surface area contributed by atoms with E-state index in [1.165, 1.54) is 0 Å². The highest BCUT2D eigenvalue weighted by Crippen LogP contribution is 2.19. The van der Waals surface area contributed by atoms with E-state index >= 15 is 0 Å². The van der Waals surface area contributed by atoms with Gasteiger partial charge in [0.2, 0.25) is 0 Å². The summed E-state index contributed by atoms with van der Waals surface area (Å²) >= 11 is 0. The molecule has 0 aliphatic carbocycles. The van der Waals surface area contributed by atoms with Gasteiger partial charge in [-0.2, -0.15) is 0 Å². The molecule has 3 unspecified atom stereocenters. The van der Waals surface area contributed by atoms with Crippen LogP contribution in [-0.2, 0) is 4.79 Å². The SMILES string of the molecule is CCC(C)C(C)(O)CNC(=O)C(C)Oc1ccc(C)cc1. The lowest BCUT2D eigenvalue weighted by Crippen LogP contribution is -2.48. The summed E-state index contributed by atoms with van der Waals surface area (Å²) in [6.07, 6.45) is 0.263. The molecule has 2 N–H and O–H groups in total. The summed E-state index contributed by atoms with van der Waals surface area (Å²) in [5, 5.41) is 13.0. The maximum atomic E-state index is 12.0. The fraction of sp³-hybridized carbons (Fsp3) is 0.588. The largest absolute Gasteiger partial charge is 0.481 e. The second-order valence-corrected chi connectivity index (χ2v) is 5.96. The maximum absolute atomic E-state index is 12.0.